The second-order valence-electron chi connectivity index (χ2n) is 19.5. The van der Waals surface area contributed by atoms with Crippen LogP contribution in [-0.2, 0) is 54.4 Å². The normalized spacial score (nSPS) is 23.4. The van der Waals surface area contributed by atoms with Gasteiger partial charge in [-0.2, -0.15) is 0 Å². The summed E-state index contributed by atoms with van der Waals surface area (Å²) in [5.74, 6) is -9.79. The Labute approximate surface area is 466 Å². The van der Waals surface area contributed by atoms with E-state index in [0.29, 0.717) is 10.0 Å². The number of benzene rings is 2. The molecule has 10 amide bonds. The zero-order chi connectivity index (χ0) is 58.9. The smallest absolute Gasteiger partial charge is 0.254 e. The molecule has 1 heterocycles. The lowest BCUT2D eigenvalue weighted by atomic mass is 10.00. The summed E-state index contributed by atoms with van der Waals surface area (Å²) in [7, 11) is 0. The summed E-state index contributed by atoms with van der Waals surface area (Å²) >= 11 is 3.26. The second kappa shape index (κ2) is 33.7. The molecule has 0 spiro atoms. The molecule has 21 N–H and O–H groups in total. The van der Waals surface area contributed by atoms with Crippen molar-refractivity contribution in [2.24, 2.45) is 28.9 Å². The molecular weight excluding hydrogens is 1100 g/mol. The van der Waals surface area contributed by atoms with Gasteiger partial charge in [0.2, 0.25) is 53.2 Å². The van der Waals surface area contributed by atoms with Crippen molar-refractivity contribution in [3.8, 4) is 0 Å². The summed E-state index contributed by atoms with van der Waals surface area (Å²) in [6.07, 6.45) is -6.26. The van der Waals surface area contributed by atoms with Gasteiger partial charge in [-0.3, -0.25) is 47.9 Å². The summed E-state index contributed by atoms with van der Waals surface area (Å²) in [4.78, 5) is 140. The molecule has 3 unspecified atom stereocenters. The van der Waals surface area contributed by atoms with Gasteiger partial charge in [0.05, 0.1) is 12.2 Å². The van der Waals surface area contributed by atoms with E-state index in [0.717, 1.165) is 0 Å². The minimum Gasteiger partial charge on any atom is -0.391 e. The van der Waals surface area contributed by atoms with Crippen LogP contribution in [0.25, 0.3) is 0 Å². The van der Waals surface area contributed by atoms with Crippen molar-refractivity contribution in [2.45, 2.75) is 145 Å². The Balaban J connectivity index is 2.11. The monoisotopic (exact) mass is 1170 g/mol. The zero-order valence-electron chi connectivity index (χ0n) is 44.8. The molecule has 12 atom stereocenters. The number of aliphatic hydroxyl groups is 3. The van der Waals surface area contributed by atoms with Gasteiger partial charge >= 0.3 is 0 Å². The van der Waals surface area contributed by atoms with Crippen molar-refractivity contribution in [2.75, 3.05) is 32.7 Å². The Bertz CT molecular complexity index is 2390. The lowest BCUT2D eigenvalue weighted by Gasteiger charge is -2.28. The third kappa shape index (κ3) is 21.8. The number of rotatable bonds is 21. The molecule has 1 aliphatic heterocycles. The topological polar surface area (TPSA) is 456 Å². The highest BCUT2D eigenvalue weighted by Crippen LogP contribution is 2.19. The first-order valence-electron chi connectivity index (χ1n) is 26.1. The highest BCUT2D eigenvalue weighted by atomic mass is 79.9. The van der Waals surface area contributed by atoms with E-state index >= 15 is 0 Å². The standard InChI is InChI=1S/C51H79BrN14O13/c1-26(2)23-37-47(75)60-32(13-18-53)42(70)59-35(16-21-56)46(74)65-39(27(3)67)49(77)57-22-17-36(45(73)58-33(14-19-54)44(72)64-38(48(76)63-37)24-29-9-6-5-7-10-29)61-43(71)34(15-20-55)62-50(78)40(28(4)68)66-51(79)41(69)30-11-8-12-31(52)25-30/h5-12,25-28,32-41,67-69H,13-24,53-56H2,1-4H3,(H,57,77)(H,58,73)(H,59,70)(H,60,75)(H,61,71)(H,62,78)(H,63,76)(H,64,72)(H,65,74)(H,66,79)/t27?,28?,32-,33-,34-,35-,36-,37-,38+,39-,40-,41?/m0/s1. The fourth-order valence-corrected chi connectivity index (χ4v) is 8.66. The molecule has 0 aliphatic carbocycles. The maximum absolute atomic E-state index is 14.4. The molecule has 79 heavy (non-hydrogen) atoms. The summed E-state index contributed by atoms with van der Waals surface area (Å²) in [5.41, 5.74) is 24.2. The van der Waals surface area contributed by atoms with E-state index in [-0.39, 0.29) is 76.2 Å². The van der Waals surface area contributed by atoms with E-state index in [4.69, 9.17) is 22.9 Å². The van der Waals surface area contributed by atoms with Crippen LogP contribution in [0.4, 0.5) is 0 Å². The van der Waals surface area contributed by atoms with E-state index < -0.39 is 145 Å². The molecule has 3 rings (SSSR count). The van der Waals surface area contributed by atoms with Crippen LogP contribution in [0.15, 0.2) is 59.1 Å². The second-order valence-corrected chi connectivity index (χ2v) is 20.5. The molecule has 2 aromatic carbocycles. The number of hydrogen-bond acceptors (Lipinski definition) is 17. The first-order chi connectivity index (χ1) is 37.4. The van der Waals surface area contributed by atoms with Gasteiger partial charge < -0.3 is 91.4 Å². The molecule has 0 bridgehead atoms. The number of carbonyl (C=O) groups excluding carboxylic acids is 10. The Hall–Kier alpha value is -6.66. The number of amides is 10. The molecule has 28 heteroatoms. The summed E-state index contributed by atoms with van der Waals surface area (Å²) in [6, 6.07) is 1.07. The average molecular weight is 1180 g/mol. The van der Waals surface area contributed by atoms with E-state index in [1.165, 1.54) is 26.0 Å². The number of carbonyl (C=O) groups is 10. The predicted octanol–water partition coefficient (Wildman–Crippen LogP) is -5.19. The number of nitrogens with two attached hydrogens (primary N) is 4. The van der Waals surface area contributed by atoms with Gasteiger partial charge in [0.25, 0.3) is 5.91 Å². The van der Waals surface area contributed by atoms with Gasteiger partial charge in [-0.05, 0) is 108 Å². The van der Waals surface area contributed by atoms with Crippen LogP contribution in [0.2, 0.25) is 0 Å². The molecular formula is C51H79BrN14O13. The van der Waals surface area contributed by atoms with Gasteiger partial charge in [0, 0.05) is 17.4 Å². The minimum atomic E-state index is -1.78. The van der Waals surface area contributed by atoms with Crippen molar-refractivity contribution in [1.29, 1.82) is 0 Å². The van der Waals surface area contributed by atoms with E-state index in [2.05, 4.69) is 69.1 Å². The van der Waals surface area contributed by atoms with Crippen LogP contribution in [0, 0.1) is 5.92 Å². The van der Waals surface area contributed by atoms with Crippen LogP contribution < -0.4 is 76.1 Å². The van der Waals surface area contributed by atoms with E-state index in [1.54, 1.807) is 56.3 Å². The molecule has 1 saturated heterocycles. The summed E-state index contributed by atoms with van der Waals surface area (Å²) < 4.78 is 0.542. The average Bonchev–Trinajstić information content (AvgIpc) is 3.40. The molecule has 1 aliphatic rings. The molecule has 0 aromatic heterocycles. The lowest BCUT2D eigenvalue weighted by molar-refractivity contribution is -0.138. The van der Waals surface area contributed by atoms with Crippen molar-refractivity contribution in [3.05, 3.63) is 70.2 Å². The Morgan fingerprint density at radius 2 is 1.13 bits per heavy atom. The van der Waals surface area contributed by atoms with Crippen LogP contribution in [0.5, 0.6) is 0 Å². The number of hydrogen-bond donors (Lipinski definition) is 17. The first-order valence-corrected chi connectivity index (χ1v) is 26.9. The predicted molar refractivity (Wildman–Crippen MR) is 292 cm³/mol. The van der Waals surface area contributed by atoms with Gasteiger partial charge in [-0.15, -0.1) is 0 Å². The zero-order valence-corrected chi connectivity index (χ0v) is 46.4. The lowest BCUT2D eigenvalue weighted by Crippen LogP contribution is -2.61. The number of nitrogens with one attached hydrogen (secondary N) is 10. The number of aliphatic hydroxyl groups excluding tert-OH is 3. The Morgan fingerprint density at radius 3 is 1.65 bits per heavy atom. The Morgan fingerprint density at radius 1 is 0.608 bits per heavy atom. The van der Waals surface area contributed by atoms with Crippen LogP contribution >= 0.6 is 15.9 Å². The Kier molecular flexibility index (Phi) is 28.4. The first kappa shape index (κ1) is 66.6. The summed E-state index contributed by atoms with van der Waals surface area (Å²) in [5, 5.41) is 57.3. The quantitative estimate of drug-likeness (QED) is 0.0556. The third-order valence-electron chi connectivity index (χ3n) is 12.5. The fraction of sp³-hybridized carbons (Fsp3) is 0.569. The van der Waals surface area contributed by atoms with E-state index in [9.17, 15) is 63.3 Å². The number of halogens is 1. The van der Waals surface area contributed by atoms with Crippen LogP contribution in [-0.4, -0.2) is 174 Å². The highest BCUT2D eigenvalue weighted by molar-refractivity contribution is 9.10. The van der Waals surface area contributed by atoms with Crippen LogP contribution in [0.3, 0.4) is 0 Å². The maximum atomic E-state index is 14.4. The minimum absolute atomic E-state index is 0.0470. The van der Waals surface area contributed by atoms with Gasteiger partial charge in [0.1, 0.15) is 54.4 Å². The van der Waals surface area contributed by atoms with Crippen molar-refractivity contribution < 1.29 is 63.3 Å². The van der Waals surface area contributed by atoms with Gasteiger partial charge in [0.15, 0.2) is 6.10 Å². The van der Waals surface area contributed by atoms with Gasteiger partial charge in [-0.25, -0.2) is 0 Å². The largest absolute Gasteiger partial charge is 0.391 e. The van der Waals surface area contributed by atoms with Crippen LogP contribution in [0.1, 0.15) is 83.5 Å². The molecule has 1 fully saturated rings. The maximum Gasteiger partial charge on any atom is 0.254 e. The fourth-order valence-electron chi connectivity index (χ4n) is 8.24. The van der Waals surface area contributed by atoms with Gasteiger partial charge in [-0.1, -0.05) is 72.2 Å². The molecule has 2 aromatic rings. The highest BCUT2D eigenvalue weighted by Gasteiger charge is 2.37. The molecule has 438 valence electrons. The molecule has 27 nitrogen and oxygen atoms in total. The SMILES string of the molecule is CC(C)C[C@@H]1NC(=O)[C@@H](Cc2ccccc2)NC(=O)[C@H](CCN)NC(=O)[C@@H](NC(=O)[C@H](CCN)NC(=O)[C@@H](NC(=O)C(O)c2cccc(Br)c2)C(C)O)CCNC(=O)[C@H](C(C)O)NC(=O)[C@H](CCN)NC(=O)[C@H](CCN)NC1=O. The third-order valence-corrected chi connectivity index (χ3v) is 13.0. The van der Waals surface area contributed by atoms with Crippen molar-refractivity contribution in [3.63, 3.8) is 0 Å². The summed E-state index contributed by atoms with van der Waals surface area (Å²) in [6.45, 7) is 4.80. The van der Waals surface area contributed by atoms with E-state index in [1.807, 2.05) is 0 Å². The molecule has 0 radical (unpaired) electrons. The van der Waals surface area contributed by atoms with Crippen molar-refractivity contribution >= 4 is 75.0 Å². The molecule has 0 saturated carbocycles. The van der Waals surface area contributed by atoms with Crippen molar-refractivity contribution in [1.82, 2.24) is 53.2 Å².